The summed E-state index contributed by atoms with van der Waals surface area (Å²) in [6.07, 6.45) is 2.26. The molecule has 1 atom stereocenters. The molecule has 0 aromatic carbocycles. The topological polar surface area (TPSA) is 74.7 Å². The molecule has 1 fully saturated rings. The molecule has 1 N–H and O–H groups in total. The molecule has 0 spiro atoms. The summed E-state index contributed by atoms with van der Waals surface area (Å²) in [5.41, 5.74) is 1.07. The lowest BCUT2D eigenvalue weighted by atomic mass is 10.1. The average molecular weight is 367 g/mol. The molecule has 2 aromatic rings. The van der Waals surface area contributed by atoms with Crippen LogP contribution in [0.1, 0.15) is 28.4 Å². The third-order valence-electron chi connectivity index (χ3n) is 4.64. The summed E-state index contributed by atoms with van der Waals surface area (Å²) in [7, 11) is 1.73. The molecular formula is C17H23ClN4O3. The number of hydrogen-bond donors (Lipinski definition) is 1. The number of rotatable bonds is 5. The normalized spacial score (nSPS) is 18.7. The van der Waals surface area contributed by atoms with Gasteiger partial charge in [0.05, 0.1) is 23.5 Å². The van der Waals surface area contributed by atoms with Gasteiger partial charge in [0.1, 0.15) is 11.5 Å². The van der Waals surface area contributed by atoms with E-state index < -0.39 is 0 Å². The summed E-state index contributed by atoms with van der Waals surface area (Å²) in [5, 5.41) is 14.0. The van der Waals surface area contributed by atoms with E-state index in [9.17, 15) is 9.90 Å². The lowest BCUT2D eigenvalue weighted by Crippen LogP contribution is -2.54. The first-order valence-electron chi connectivity index (χ1n) is 8.37. The van der Waals surface area contributed by atoms with Gasteiger partial charge in [0.15, 0.2) is 0 Å². The maximum absolute atomic E-state index is 12.9. The second-order valence-corrected chi connectivity index (χ2v) is 6.72. The largest absolute Gasteiger partial charge is 0.468 e. The zero-order valence-corrected chi connectivity index (χ0v) is 15.2. The fraction of sp³-hybridized carbons (Fsp3) is 0.529. The van der Waals surface area contributed by atoms with E-state index in [0.29, 0.717) is 49.0 Å². The van der Waals surface area contributed by atoms with Gasteiger partial charge in [-0.1, -0.05) is 11.6 Å². The summed E-state index contributed by atoms with van der Waals surface area (Å²) >= 11 is 6.26. The van der Waals surface area contributed by atoms with Crippen LogP contribution in [0.15, 0.2) is 22.8 Å². The van der Waals surface area contributed by atoms with Crippen LogP contribution in [-0.4, -0.2) is 62.9 Å². The fourth-order valence-corrected chi connectivity index (χ4v) is 3.57. The van der Waals surface area contributed by atoms with Gasteiger partial charge in [-0.05, 0) is 25.5 Å². The van der Waals surface area contributed by atoms with Gasteiger partial charge in [-0.25, -0.2) is 0 Å². The molecule has 0 unspecified atom stereocenters. The highest BCUT2D eigenvalue weighted by Gasteiger charge is 2.32. The van der Waals surface area contributed by atoms with Gasteiger partial charge in [0.2, 0.25) is 0 Å². The molecule has 7 nitrogen and oxygen atoms in total. The van der Waals surface area contributed by atoms with Crippen molar-refractivity contribution in [3.8, 4) is 0 Å². The van der Waals surface area contributed by atoms with Gasteiger partial charge >= 0.3 is 0 Å². The number of aromatic nitrogens is 2. The van der Waals surface area contributed by atoms with Crippen molar-refractivity contribution in [2.24, 2.45) is 7.05 Å². The molecular weight excluding hydrogens is 344 g/mol. The van der Waals surface area contributed by atoms with Gasteiger partial charge in [0, 0.05) is 39.3 Å². The highest BCUT2D eigenvalue weighted by molar-refractivity contribution is 6.34. The molecule has 1 aliphatic rings. The molecule has 1 saturated heterocycles. The standard InChI is InChI=1S/C17H23ClN4O3/c1-12-15(18)16(20(2)19-12)17(24)22-7-6-21(13(10-22)5-8-23)11-14-4-3-9-25-14/h3-4,9,13,23H,5-8,10-11H2,1-2H3/t13-/m1/s1. The number of halogens is 1. The van der Waals surface area contributed by atoms with E-state index in [2.05, 4.69) is 10.00 Å². The van der Waals surface area contributed by atoms with Crippen molar-refractivity contribution >= 4 is 17.5 Å². The smallest absolute Gasteiger partial charge is 0.273 e. The number of furan rings is 1. The summed E-state index contributed by atoms with van der Waals surface area (Å²) in [4.78, 5) is 16.9. The zero-order valence-electron chi connectivity index (χ0n) is 14.5. The van der Waals surface area contributed by atoms with Crippen LogP contribution in [-0.2, 0) is 13.6 Å². The minimum atomic E-state index is -0.117. The van der Waals surface area contributed by atoms with E-state index in [4.69, 9.17) is 16.0 Å². The molecule has 2 aromatic heterocycles. The van der Waals surface area contributed by atoms with Gasteiger partial charge in [-0.3, -0.25) is 14.4 Å². The van der Waals surface area contributed by atoms with Gasteiger partial charge < -0.3 is 14.4 Å². The lowest BCUT2D eigenvalue weighted by Gasteiger charge is -2.41. The molecule has 25 heavy (non-hydrogen) atoms. The lowest BCUT2D eigenvalue weighted by molar-refractivity contribution is 0.0365. The highest BCUT2D eigenvalue weighted by Crippen LogP contribution is 2.23. The van der Waals surface area contributed by atoms with E-state index in [-0.39, 0.29) is 18.6 Å². The number of nitrogens with zero attached hydrogens (tertiary/aromatic N) is 4. The zero-order chi connectivity index (χ0) is 18.0. The molecule has 3 heterocycles. The van der Waals surface area contributed by atoms with Crippen LogP contribution in [0.3, 0.4) is 0 Å². The molecule has 1 amide bonds. The number of carbonyl (C=O) groups is 1. The first kappa shape index (κ1) is 18.0. The minimum absolute atomic E-state index is 0.0703. The van der Waals surface area contributed by atoms with E-state index in [1.165, 1.54) is 4.68 Å². The van der Waals surface area contributed by atoms with Gasteiger partial charge in [-0.15, -0.1) is 0 Å². The van der Waals surface area contributed by atoms with Crippen molar-refractivity contribution in [1.29, 1.82) is 0 Å². The Morgan fingerprint density at radius 2 is 2.28 bits per heavy atom. The molecule has 3 rings (SSSR count). The van der Waals surface area contributed by atoms with Crippen molar-refractivity contribution in [3.05, 3.63) is 40.6 Å². The monoisotopic (exact) mass is 366 g/mol. The Morgan fingerprint density at radius 1 is 1.48 bits per heavy atom. The first-order valence-corrected chi connectivity index (χ1v) is 8.74. The summed E-state index contributed by atoms with van der Waals surface area (Å²) in [5.74, 6) is 0.765. The van der Waals surface area contributed by atoms with E-state index in [0.717, 1.165) is 5.76 Å². The molecule has 0 radical (unpaired) electrons. The average Bonchev–Trinajstić information content (AvgIpc) is 3.17. The Labute approximate surface area is 151 Å². The number of aryl methyl sites for hydroxylation is 2. The van der Waals surface area contributed by atoms with Gasteiger partial charge in [0.25, 0.3) is 5.91 Å². The molecule has 136 valence electrons. The third-order valence-corrected chi connectivity index (χ3v) is 5.10. The molecule has 0 aliphatic carbocycles. The number of piperazine rings is 1. The van der Waals surface area contributed by atoms with Crippen molar-refractivity contribution in [1.82, 2.24) is 19.6 Å². The number of hydrogen-bond acceptors (Lipinski definition) is 5. The van der Waals surface area contributed by atoms with Crippen LogP contribution in [0.25, 0.3) is 0 Å². The first-order chi connectivity index (χ1) is 12.0. The SMILES string of the molecule is Cc1nn(C)c(C(=O)N2CCN(Cc3ccco3)[C@H](CCO)C2)c1Cl. The molecule has 8 heteroatoms. The highest BCUT2D eigenvalue weighted by atomic mass is 35.5. The van der Waals surface area contributed by atoms with Crippen LogP contribution in [0, 0.1) is 6.92 Å². The minimum Gasteiger partial charge on any atom is -0.468 e. The fourth-order valence-electron chi connectivity index (χ4n) is 3.33. The second kappa shape index (κ2) is 7.59. The van der Waals surface area contributed by atoms with E-state index in [1.54, 1.807) is 25.1 Å². The number of amides is 1. The summed E-state index contributed by atoms with van der Waals surface area (Å²) < 4.78 is 6.96. The summed E-state index contributed by atoms with van der Waals surface area (Å²) in [6.45, 7) is 4.39. The van der Waals surface area contributed by atoms with E-state index in [1.807, 2.05) is 12.1 Å². The van der Waals surface area contributed by atoms with Crippen LogP contribution in [0.4, 0.5) is 0 Å². The second-order valence-electron chi connectivity index (χ2n) is 6.34. The van der Waals surface area contributed by atoms with Crippen molar-refractivity contribution < 1.29 is 14.3 Å². The van der Waals surface area contributed by atoms with Crippen LogP contribution < -0.4 is 0 Å². The van der Waals surface area contributed by atoms with Crippen LogP contribution in [0.2, 0.25) is 5.02 Å². The Balaban J connectivity index is 1.73. The van der Waals surface area contributed by atoms with Crippen molar-refractivity contribution in [3.63, 3.8) is 0 Å². The predicted molar refractivity (Wildman–Crippen MR) is 93.5 cm³/mol. The summed E-state index contributed by atoms with van der Waals surface area (Å²) in [6, 6.07) is 3.87. The van der Waals surface area contributed by atoms with Crippen LogP contribution in [0.5, 0.6) is 0 Å². The molecule has 0 saturated carbocycles. The number of carbonyl (C=O) groups excluding carboxylic acids is 1. The Hall–Kier alpha value is -1.83. The Bertz CT molecular complexity index is 729. The van der Waals surface area contributed by atoms with Crippen LogP contribution >= 0.6 is 11.6 Å². The third kappa shape index (κ3) is 3.73. The van der Waals surface area contributed by atoms with Crippen molar-refractivity contribution in [2.45, 2.75) is 25.9 Å². The quantitative estimate of drug-likeness (QED) is 0.871. The van der Waals surface area contributed by atoms with E-state index >= 15 is 0 Å². The number of aliphatic hydroxyl groups excluding tert-OH is 1. The maximum atomic E-state index is 12.9. The number of aliphatic hydroxyl groups is 1. The Morgan fingerprint density at radius 3 is 2.88 bits per heavy atom. The maximum Gasteiger partial charge on any atom is 0.273 e. The Kier molecular flexibility index (Phi) is 5.46. The van der Waals surface area contributed by atoms with Crippen molar-refractivity contribution in [2.75, 3.05) is 26.2 Å². The predicted octanol–water partition coefficient (Wildman–Crippen LogP) is 1.68. The molecule has 0 bridgehead atoms. The molecule has 1 aliphatic heterocycles. The van der Waals surface area contributed by atoms with Gasteiger partial charge in [-0.2, -0.15) is 5.10 Å².